The van der Waals surface area contributed by atoms with Gasteiger partial charge in [-0.1, -0.05) is 12.8 Å². The molecule has 0 aliphatic heterocycles. The summed E-state index contributed by atoms with van der Waals surface area (Å²) < 4.78 is 1.73. The van der Waals surface area contributed by atoms with Crippen LogP contribution >= 0.6 is 0 Å². The van der Waals surface area contributed by atoms with Crippen molar-refractivity contribution in [1.82, 2.24) is 20.4 Å². The third-order valence-electron chi connectivity index (χ3n) is 3.61. The van der Waals surface area contributed by atoms with Gasteiger partial charge >= 0.3 is 12.0 Å². The number of rotatable bonds is 6. The number of nitrogens with zero attached hydrogens (tertiary/aromatic N) is 2. The van der Waals surface area contributed by atoms with Gasteiger partial charge in [-0.15, -0.1) is 0 Å². The number of hydrogen-bond donors (Lipinski definition) is 3. The molecule has 0 aromatic carbocycles. The van der Waals surface area contributed by atoms with Crippen LogP contribution in [0.5, 0.6) is 0 Å². The molecular weight excluding hydrogens is 260 g/mol. The highest BCUT2D eigenvalue weighted by molar-refractivity contribution is 5.76. The highest BCUT2D eigenvalue weighted by Crippen LogP contribution is 2.32. The van der Waals surface area contributed by atoms with Crippen molar-refractivity contribution in [2.24, 2.45) is 0 Å². The third kappa shape index (κ3) is 3.97. The molecule has 1 saturated carbocycles. The minimum atomic E-state index is -0.872. The van der Waals surface area contributed by atoms with Crippen molar-refractivity contribution >= 4 is 12.0 Å². The first-order chi connectivity index (χ1) is 9.60. The van der Waals surface area contributed by atoms with Gasteiger partial charge in [0.2, 0.25) is 0 Å². The number of carboxylic acids is 1. The Labute approximate surface area is 117 Å². The Bertz CT molecular complexity index is 452. The zero-order chi connectivity index (χ0) is 14.4. The molecule has 0 spiro atoms. The number of carbonyl (C=O) groups excluding carboxylic acids is 1. The van der Waals surface area contributed by atoms with E-state index in [1.807, 2.05) is 12.3 Å². The Morgan fingerprint density at radius 2 is 2.10 bits per heavy atom. The number of aliphatic carboxylic acids is 1. The van der Waals surface area contributed by atoms with Gasteiger partial charge in [0.05, 0.1) is 18.5 Å². The number of urea groups is 1. The smallest absolute Gasteiger partial charge is 0.315 e. The molecule has 1 aliphatic rings. The monoisotopic (exact) mass is 280 g/mol. The fourth-order valence-electron chi connectivity index (χ4n) is 2.69. The lowest BCUT2D eigenvalue weighted by Gasteiger charge is -2.28. The van der Waals surface area contributed by atoms with Crippen LogP contribution in [-0.2, 0) is 11.3 Å². The van der Waals surface area contributed by atoms with Crippen molar-refractivity contribution in [3.63, 3.8) is 0 Å². The predicted molar refractivity (Wildman–Crippen MR) is 72.2 cm³/mol. The Morgan fingerprint density at radius 1 is 1.35 bits per heavy atom. The largest absolute Gasteiger partial charge is 0.481 e. The number of hydrogen-bond acceptors (Lipinski definition) is 3. The second-order valence-corrected chi connectivity index (χ2v) is 5.21. The van der Waals surface area contributed by atoms with Crippen LogP contribution in [0, 0.1) is 0 Å². The maximum atomic E-state index is 11.9. The van der Waals surface area contributed by atoms with Crippen molar-refractivity contribution in [3.8, 4) is 0 Å². The first-order valence-corrected chi connectivity index (χ1v) is 6.85. The summed E-state index contributed by atoms with van der Waals surface area (Å²) in [5.41, 5.74) is -0.582. The summed E-state index contributed by atoms with van der Waals surface area (Å²) in [4.78, 5) is 22.8. The lowest BCUT2D eigenvalue weighted by atomic mass is 9.93. The number of amides is 2. The standard InChI is InChI=1S/C13H20N4O3/c18-11(19)10-13(4-1-2-5-13)16-12(20)14-7-9-17-8-3-6-15-17/h3,6,8H,1-2,4-5,7,9-10H2,(H,18,19)(H2,14,16,20). The maximum Gasteiger partial charge on any atom is 0.315 e. The van der Waals surface area contributed by atoms with Crippen LogP contribution in [0.2, 0.25) is 0 Å². The summed E-state index contributed by atoms with van der Waals surface area (Å²) in [5, 5.41) is 18.6. The molecule has 3 N–H and O–H groups in total. The van der Waals surface area contributed by atoms with Gasteiger partial charge < -0.3 is 15.7 Å². The Kier molecular flexibility index (Phi) is 4.60. The Hall–Kier alpha value is -2.05. The molecule has 1 aliphatic carbocycles. The SMILES string of the molecule is O=C(O)CC1(NC(=O)NCCn2cccn2)CCCC1. The topological polar surface area (TPSA) is 96.3 Å². The fraction of sp³-hybridized carbons (Fsp3) is 0.615. The van der Waals surface area contributed by atoms with Crippen molar-refractivity contribution in [1.29, 1.82) is 0 Å². The van der Waals surface area contributed by atoms with E-state index in [9.17, 15) is 9.59 Å². The molecule has 0 bridgehead atoms. The van der Waals surface area contributed by atoms with E-state index in [0.717, 1.165) is 25.7 Å². The van der Waals surface area contributed by atoms with E-state index >= 15 is 0 Å². The molecule has 110 valence electrons. The first kappa shape index (κ1) is 14.4. The van der Waals surface area contributed by atoms with E-state index in [0.29, 0.717) is 13.1 Å². The van der Waals surface area contributed by atoms with Crippen LogP contribution in [0.4, 0.5) is 4.79 Å². The van der Waals surface area contributed by atoms with E-state index in [1.165, 1.54) is 0 Å². The van der Waals surface area contributed by atoms with Crippen LogP contribution in [0.3, 0.4) is 0 Å². The highest BCUT2D eigenvalue weighted by Gasteiger charge is 2.37. The molecule has 0 unspecified atom stereocenters. The van der Waals surface area contributed by atoms with Crippen molar-refractivity contribution in [3.05, 3.63) is 18.5 Å². The predicted octanol–water partition coefficient (Wildman–Crippen LogP) is 0.970. The van der Waals surface area contributed by atoms with Crippen molar-refractivity contribution in [2.75, 3.05) is 6.54 Å². The highest BCUT2D eigenvalue weighted by atomic mass is 16.4. The summed E-state index contributed by atoms with van der Waals surface area (Å²) in [6.07, 6.45) is 6.86. The molecule has 1 fully saturated rings. The van der Waals surface area contributed by atoms with Gasteiger partial charge in [-0.2, -0.15) is 5.10 Å². The summed E-state index contributed by atoms with van der Waals surface area (Å²) in [5.74, 6) is -0.872. The average molecular weight is 280 g/mol. The van der Waals surface area contributed by atoms with Crippen LogP contribution < -0.4 is 10.6 Å². The normalized spacial score (nSPS) is 16.8. The van der Waals surface area contributed by atoms with Gasteiger partial charge in [0.15, 0.2) is 0 Å². The van der Waals surface area contributed by atoms with Crippen LogP contribution in [0.15, 0.2) is 18.5 Å². The van der Waals surface area contributed by atoms with Crippen LogP contribution in [0.25, 0.3) is 0 Å². The van der Waals surface area contributed by atoms with Gasteiger partial charge in [0.25, 0.3) is 0 Å². The number of nitrogens with one attached hydrogen (secondary N) is 2. The lowest BCUT2D eigenvalue weighted by Crippen LogP contribution is -2.52. The van der Waals surface area contributed by atoms with Gasteiger partial charge in [-0.25, -0.2) is 4.79 Å². The molecule has 2 rings (SSSR count). The second kappa shape index (κ2) is 6.40. The second-order valence-electron chi connectivity index (χ2n) is 5.21. The number of carbonyl (C=O) groups is 2. The van der Waals surface area contributed by atoms with Gasteiger partial charge in [0.1, 0.15) is 0 Å². The van der Waals surface area contributed by atoms with E-state index in [2.05, 4.69) is 15.7 Å². The maximum absolute atomic E-state index is 11.9. The number of carboxylic acid groups (broad SMARTS) is 1. The fourth-order valence-corrected chi connectivity index (χ4v) is 2.69. The first-order valence-electron chi connectivity index (χ1n) is 6.85. The number of aromatic nitrogens is 2. The molecule has 20 heavy (non-hydrogen) atoms. The van der Waals surface area contributed by atoms with Gasteiger partial charge in [0, 0.05) is 18.9 Å². The molecule has 0 atom stereocenters. The quantitative estimate of drug-likeness (QED) is 0.723. The van der Waals surface area contributed by atoms with Gasteiger partial charge in [-0.05, 0) is 18.9 Å². The molecule has 0 saturated heterocycles. The summed E-state index contributed by atoms with van der Waals surface area (Å²) in [6, 6.07) is 1.51. The molecule has 1 aromatic rings. The van der Waals surface area contributed by atoms with E-state index in [1.54, 1.807) is 10.9 Å². The minimum absolute atomic E-state index is 0.0143. The van der Waals surface area contributed by atoms with E-state index in [4.69, 9.17) is 5.11 Å². The lowest BCUT2D eigenvalue weighted by molar-refractivity contribution is -0.138. The Balaban J connectivity index is 1.78. The molecular formula is C13H20N4O3. The molecule has 1 heterocycles. The third-order valence-corrected chi connectivity index (χ3v) is 3.61. The molecule has 2 amide bonds. The van der Waals surface area contributed by atoms with Crippen molar-refractivity contribution in [2.45, 2.75) is 44.2 Å². The van der Waals surface area contributed by atoms with Crippen molar-refractivity contribution < 1.29 is 14.7 Å². The van der Waals surface area contributed by atoms with E-state index in [-0.39, 0.29) is 12.5 Å². The summed E-state index contributed by atoms with van der Waals surface area (Å²) in [7, 11) is 0. The average Bonchev–Trinajstić information content (AvgIpc) is 3.00. The van der Waals surface area contributed by atoms with E-state index < -0.39 is 11.5 Å². The molecule has 7 nitrogen and oxygen atoms in total. The summed E-state index contributed by atoms with van der Waals surface area (Å²) in [6.45, 7) is 1.04. The summed E-state index contributed by atoms with van der Waals surface area (Å²) >= 11 is 0. The zero-order valence-corrected chi connectivity index (χ0v) is 11.3. The molecule has 1 aromatic heterocycles. The minimum Gasteiger partial charge on any atom is -0.481 e. The van der Waals surface area contributed by atoms with Crippen LogP contribution in [-0.4, -0.2) is 39.0 Å². The Morgan fingerprint density at radius 3 is 2.70 bits per heavy atom. The molecule has 0 radical (unpaired) electrons. The van der Waals surface area contributed by atoms with Crippen LogP contribution in [0.1, 0.15) is 32.1 Å². The van der Waals surface area contributed by atoms with Gasteiger partial charge in [-0.3, -0.25) is 9.48 Å². The molecule has 7 heteroatoms. The zero-order valence-electron chi connectivity index (χ0n) is 11.3.